The van der Waals surface area contributed by atoms with E-state index in [1.807, 2.05) is 6.07 Å². The molecule has 1 aliphatic rings. The lowest BCUT2D eigenvalue weighted by atomic mass is 9.85. The number of aryl methyl sites for hydroxylation is 1. The molecule has 0 aliphatic carbocycles. The van der Waals surface area contributed by atoms with Gasteiger partial charge in [-0.25, -0.2) is 0 Å². The highest BCUT2D eigenvalue weighted by Crippen LogP contribution is 2.27. The molecule has 1 heterocycles. The Hall–Kier alpha value is -1.68. The Morgan fingerprint density at radius 1 is 1.12 bits per heavy atom. The van der Waals surface area contributed by atoms with Crippen molar-refractivity contribution in [2.24, 2.45) is 0 Å². The van der Waals surface area contributed by atoms with Crippen LogP contribution in [0.1, 0.15) is 49.1 Å². The number of ether oxygens (including phenoxy) is 2. The van der Waals surface area contributed by atoms with E-state index in [2.05, 4.69) is 75.5 Å². The van der Waals surface area contributed by atoms with Gasteiger partial charge in [0.15, 0.2) is 6.29 Å². The Morgan fingerprint density at radius 3 is 2.60 bits per heavy atom. The molecule has 0 spiro atoms. The van der Waals surface area contributed by atoms with Crippen LogP contribution in [0.4, 0.5) is 0 Å². The van der Waals surface area contributed by atoms with Gasteiger partial charge in [-0.3, -0.25) is 0 Å². The standard InChI is InChI=1S/C22H29NO2/c1-16-12-17(14-19(13-16)22(2,3)4)15-25-21-20(23-10-11-24-21)18-8-6-5-7-9-18/h5-9,12-14,20-21,23H,10-11,15H2,1-4H3. The lowest BCUT2D eigenvalue weighted by molar-refractivity contribution is -0.183. The third-order valence-corrected chi connectivity index (χ3v) is 4.60. The predicted octanol–water partition coefficient (Wildman–Crippen LogP) is 4.50. The first-order chi connectivity index (χ1) is 11.9. The molecule has 3 nitrogen and oxygen atoms in total. The fraction of sp³-hybridized carbons (Fsp3) is 0.455. The molecular weight excluding hydrogens is 310 g/mol. The Kier molecular flexibility index (Phi) is 5.57. The van der Waals surface area contributed by atoms with Crippen LogP contribution >= 0.6 is 0 Å². The fourth-order valence-electron chi connectivity index (χ4n) is 3.22. The zero-order chi connectivity index (χ0) is 17.9. The van der Waals surface area contributed by atoms with E-state index in [-0.39, 0.29) is 17.7 Å². The zero-order valence-corrected chi connectivity index (χ0v) is 15.7. The average Bonchev–Trinajstić information content (AvgIpc) is 2.60. The molecule has 1 saturated heterocycles. The van der Waals surface area contributed by atoms with Crippen molar-refractivity contribution in [1.82, 2.24) is 5.32 Å². The molecule has 2 atom stereocenters. The number of hydrogen-bond acceptors (Lipinski definition) is 3. The molecule has 1 fully saturated rings. The zero-order valence-electron chi connectivity index (χ0n) is 15.7. The van der Waals surface area contributed by atoms with E-state index in [9.17, 15) is 0 Å². The SMILES string of the molecule is Cc1cc(COC2OCCNC2c2ccccc2)cc(C(C)(C)C)c1. The molecule has 0 amide bonds. The molecule has 0 aromatic heterocycles. The maximum Gasteiger partial charge on any atom is 0.177 e. The lowest BCUT2D eigenvalue weighted by Gasteiger charge is -2.33. The molecule has 25 heavy (non-hydrogen) atoms. The van der Waals surface area contributed by atoms with Crippen LogP contribution in [0.3, 0.4) is 0 Å². The summed E-state index contributed by atoms with van der Waals surface area (Å²) in [5.41, 5.74) is 5.15. The molecule has 3 heteroatoms. The van der Waals surface area contributed by atoms with Crippen molar-refractivity contribution in [3.05, 3.63) is 70.8 Å². The molecule has 0 radical (unpaired) electrons. The molecule has 0 saturated carbocycles. The van der Waals surface area contributed by atoms with Crippen molar-refractivity contribution in [2.45, 2.75) is 52.0 Å². The van der Waals surface area contributed by atoms with Crippen LogP contribution in [0, 0.1) is 6.92 Å². The molecule has 3 rings (SSSR count). The summed E-state index contributed by atoms with van der Waals surface area (Å²) in [4.78, 5) is 0. The van der Waals surface area contributed by atoms with Crippen LogP contribution in [-0.2, 0) is 21.5 Å². The van der Waals surface area contributed by atoms with Crippen LogP contribution in [0.2, 0.25) is 0 Å². The maximum atomic E-state index is 6.17. The Bertz CT molecular complexity index is 691. The van der Waals surface area contributed by atoms with Gasteiger partial charge in [-0.05, 0) is 29.0 Å². The van der Waals surface area contributed by atoms with Crippen molar-refractivity contribution in [2.75, 3.05) is 13.2 Å². The van der Waals surface area contributed by atoms with Crippen molar-refractivity contribution in [3.8, 4) is 0 Å². The second-order valence-corrected chi connectivity index (χ2v) is 7.85. The highest BCUT2D eigenvalue weighted by molar-refractivity contribution is 5.33. The summed E-state index contributed by atoms with van der Waals surface area (Å²) in [6, 6.07) is 17.2. The van der Waals surface area contributed by atoms with E-state index in [1.54, 1.807) is 0 Å². The first kappa shape index (κ1) is 18.1. The third kappa shape index (κ3) is 4.69. The van der Waals surface area contributed by atoms with Gasteiger partial charge in [0, 0.05) is 6.54 Å². The predicted molar refractivity (Wildman–Crippen MR) is 102 cm³/mol. The first-order valence-electron chi connectivity index (χ1n) is 9.06. The van der Waals surface area contributed by atoms with Gasteiger partial charge in [0.2, 0.25) is 0 Å². The van der Waals surface area contributed by atoms with Crippen LogP contribution in [0.25, 0.3) is 0 Å². The molecular formula is C22H29NO2. The van der Waals surface area contributed by atoms with E-state index in [1.165, 1.54) is 22.3 Å². The number of rotatable bonds is 4. The van der Waals surface area contributed by atoms with Gasteiger partial charge in [0.25, 0.3) is 0 Å². The summed E-state index contributed by atoms with van der Waals surface area (Å²) in [6.07, 6.45) is -0.269. The van der Waals surface area contributed by atoms with Crippen LogP contribution in [0.5, 0.6) is 0 Å². The summed E-state index contributed by atoms with van der Waals surface area (Å²) < 4.78 is 12.1. The van der Waals surface area contributed by atoms with Crippen molar-refractivity contribution in [3.63, 3.8) is 0 Å². The smallest absolute Gasteiger partial charge is 0.177 e. The van der Waals surface area contributed by atoms with Crippen molar-refractivity contribution >= 4 is 0 Å². The number of hydrogen-bond donors (Lipinski definition) is 1. The third-order valence-electron chi connectivity index (χ3n) is 4.60. The van der Waals surface area contributed by atoms with E-state index in [0.29, 0.717) is 13.2 Å². The molecule has 1 aliphatic heterocycles. The highest BCUT2D eigenvalue weighted by atomic mass is 16.7. The molecule has 2 aromatic rings. The topological polar surface area (TPSA) is 30.5 Å². The molecule has 2 unspecified atom stereocenters. The van der Waals surface area contributed by atoms with Crippen molar-refractivity contribution < 1.29 is 9.47 Å². The highest BCUT2D eigenvalue weighted by Gasteiger charge is 2.27. The van der Waals surface area contributed by atoms with E-state index in [0.717, 1.165) is 6.54 Å². The second-order valence-electron chi connectivity index (χ2n) is 7.85. The maximum absolute atomic E-state index is 6.17. The van der Waals surface area contributed by atoms with Gasteiger partial charge in [-0.15, -0.1) is 0 Å². The average molecular weight is 339 g/mol. The quantitative estimate of drug-likeness (QED) is 0.890. The summed E-state index contributed by atoms with van der Waals surface area (Å²) in [6.45, 7) is 10.9. The van der Waals surface area contributed by atoms with E-state index < -0.39 is 0 Å². The second kappa shape index (κ2) is 7.69. The first-order valence-corrected chi connectivity index (χ1v) is 9.06. The Morgan fingerprint density at radius 2 is 1.88 bits per heavy atom. The molecule has 2 aromatic carbocycles. The van der Waals surface area contributed by atoms with Crippen LogP contribution < -0.4 is 5.32 Å². The van der Waals surface area contributed by atoms with Crippen LogP contribution in [0.15, 0.2) is 48.5 Å². The van der Waals surface area contributed by atoms with Gasteiger partial charge >= 0.3 is 0 Å². The van der Waals surface area contributed by atoms with Crippen LogP contribution in [-0.4, -0.2) is 19.4 Å². The minimum atomic E-state index is -0.269. The van der Waals surface area contributed by atoms with E-state index >= 15 is 0 Å². The summed E-state index contributed by atoms with van der Waals surface area (Å²) in [5.74, 6) is 0. The van der Waals surface area contributed by atoms with Gasteiger partial charge in [0.05, 0.1) is 19.3 Å². The van der Waals surface area contributed by atoms with Gasteiger partial charge in [-0.2, -0.15) is 0 Å². The lowest BCUT2D eigenvalue weighted by Crippen LogP contribution is -2.43. The molecule has 0 bridgehead atoms. The number of benzene rings is 2. The molecule has 134 valence electrons. The van der Waals surface area contributed by atoms with Gasteiger partial charge in [0.1, 0.15) is 0 Å². The fourth-order valence-corrected chi connectivity index (χ4v) is 3.22. The van der Waals surface area contributed by atoms with Crippen molar-refractivity contribution in [1.29, 1.82) is 0 Å². The Labute approximate surface area is 151 Å². The minimum absolute atomic E-state index is 0.0712. The summed E-state index contributed by atoms with van der Waals surface area (Å²) in [7, 11) is 0. The molecule has 1 N–H and O–H groups in total. The normalized spacial score (nSPS) is 21.3. The summed E-state index contributed by atoms with van der Waals surface area (Å²) >= 11 is 0. The monoisotopic (exact) mass is 339 g/mol. The minimum Gasteiger partial charge on any atom is -0.349 e. The van der Waals surface area contributed by atoms with Gasteiger partial charge < -0.3 is 14.8 Å². The largest absolute Gasteiger partial charge is 0.349 e. The summed E-state index contributed by atoms with van der Waals surface area (Å²) in [5, 5.41) is 3.52. The number of morpholine rings is 1. The van der Waals surface area contributed by atoms with E-state index in [4.69, 9.17) is 9.47 Å². The Balaban J connectivity index is 1.72. The van der Waals surface area contributed by atoms with Gasteiger partial charge in [-0.1, -0.05) is 74.9 Å². The number of nitrogens with one attached hydrogen (secondary N) is 1.